The third-order valence-electron chi connectivity index (χ3n) is 6.99. The van der Waals surface area contributed by atoms with Crippen LogP contribution in [0.15, 0.2) is 24.3 Å². The van der Waals surface area contributed by atoms with Gasteiger partial charge in [0.25, 0.3) is 0 Å². The molecule has 0 fully saturated rings. The second kappa shape index (κ2) is 29.4. The SMILES string of the molecule is CCCCCC/C=C\C/C=C\CCCCCCCCCC(=O)OCC(O)COP(=O)(O)OCC(NC(=O)CCCCC)C(=O)O. The van der Waals surface area contributed by atoms with E-state index >= 15 is 0 Å². The molecule has 0 heterocycles. The van der Waals surface area contributed by atoms with E-state index in [-0.39, 0.29) is 12.8 Å². The zero-order valence-corrected chi connectivity index (χ0v) is 28.6. The Labute approximate surface area is 270 Å². The standard InChI is InChI=1S/C33H60NO10P/c1-3-5-7-8-9-10-11-12-13-14-15-16-17-18-19-20-21-23-25-32(37)42-26-29(35)27-43-45(40,41)44-28-30(33(38)39)34-31(36)24-22-6-4-2/h10-11,13-14,29-30,35H,3-9,12,15-28H2,1-2H3,(H,34,36)(H,38,39)(H,40,41)/b11-10-,14-13-. The lowest BCUT2D eigenvalue weighted by Crippen LogP contribution is -2.43. The van der Waals surface area contributed by atoms with Crippen molar-refractivity contribution < 1.29 is 47.8 Å². The normalized spacial score (nSPS) is 14.4. The lowest BCUT2D eigenvalue weighted by Gasteiger charge is -2.18. The number of hydrogen-bond donors (Lipinski definition) is 4. The number of aliphatic hydroxyl groups is 1. The molecule has 12 heteroatoms. The van der Waals surface area contributed by atoms with E-state index in [9.17, 15) is 34.1 Å². The number of carbonyl (C=O) groups excluding carboxylic acids is 2. The van der Waals surface area contributed by atoms with Crippen LogP contribution >= 0.6 is 7.82 Å². The van der Waals surface area contributed by atoms with Gasteiger partial charge in [-0.15, -0.1) is 0 Å². The number of phosphoric ester groups is 1. The van der Waals surface area contributed by atoms with Crippen molar-refractivity contribution in [1.29, 1.82) is 0 Å². The Morgan fingerprint density at radius 3 is 1.82 bits per heavy atom. The van der Waals surface area contributed by atoms with Gasteiger partial charge in [0.2, 0.25) is 5.91 Å². The maximum Gasteiger partial charge on any atom is 0.472 e. The molecular formula is C33H60NO10P. The Bertz CT molecular complexity index is 880. The molecule has 0 rings (SSSR count). The van der Waals surface area contributed by atoms with Crippen molar-refractivity contribution in [2.45, 2.75) is 148 Å². The Morgan fingerprint density at radius 2 is 1.22 bits per heavy atom. The smallest absolute Gasteiger partial charge is 0.472 e. The highest BCUT2D eigenvalue weighted by Crippen LogP contribution is 2.43. The van der Waals surface area contributed by atoms with E-state index in [1.54, 1.807) is 0 Å². The summed E-state index contributed by atoms with van der Waals surface area (Å²) in [5.41, 5.74) is 0. The Balaban J connectivity index is 3.85. The van der Waals surface area contributed by atoms with Crippen molar-refractivity contribution in [3.05, 3.63) is 24.3 Å². The molecule has 0 saturated carbocycles. The molecule has 262 valence electrons. The van der Waals surface area contributed by atoms with Crippen LogP contribution in [0, 0.1) is 0 Å². The monoisotopic (exact) mass is 661 g/mol. The van der Waals surface area contributed by atoms with Crippen LogP contribution in [0.5, 0.6) is 0 Å². The number of esters is 1. The molecule has 3 atom stereocenters. The summed E-state index contributed by atoms with van der Waals surface area (Å²) in [6.07, 6.45) is 26.2. The molecule has 4 N–H and O–H groups in total. The van der Waals surface area contributed by atoms with Crippen molar-refractivity contribution in [3.63, 3.8) is 0 Å². The lowest BCUT2D eigenvalue weighted by atomic mass is 10.1. The van der Waals surface area contributed by atoms with Gasteiger partial charge >= 0.3 is 19.8 Å². The van der Waals surface area contributed by atoms with Crippen molar-refractivity contribution in [2.24, 2.45) is 0 Å². The minimum Gasteiger partial charge on any atom is -0.480 e. The Hall–Kier alpha value is -2.04. The maximum atomic E-state index is 12.1. The van der Waals surface area contributed by atoms with Gasteiger partial charge in [-0.1, -0.05) is 102 Å². The van der Waals surface area contributed by atoms with E-state index in [1.807, 2.05) is 6.92 Å². The molecule has 0 aliphatic carbocycles. The van der Waals surface area contributed by atoms with E-state index in [1.165, 1.54) is 51.4 Å². The highest BCUT2D eigenvalue weighted by molar-refractivity contribution is 7.47. The summed E-state index contributed by atoms with van der Waals surface area (Å²) in [7, 11) is -4.73. The predicted molar refractivity (Wildman–Crippen MR) is 176 cm³/mol. The highest BCUT2D eigenvalue weighted by Gasteiger charge is 2.28. The molecule has 1 amide bonds. The second-order valence-corrected chi connectivity index (χ2v) is 12.8. The van der Waals surface area contributed by atoms with Gasteiger partial charge < -0.3 is 25.2 Å². The van der Waals surface area contributed by atoms with E-state index < -0.39 is 57.6 Å². The fraction of sp³-hybridized carbons (Fsp3) is 0.788. The molecule has 0 aliphatic heterocycles. The molecule has 0 spiro atoms. The number of carboxylic acids is 1. The second-order valence-electron chi connectivity index (χ2n) is 11.4. The summed E-state index contributed by atoms with van der Waals surface area (Å²) in [5, 5.41) is 21.4. The van der Waals surface area contributed by atoms with Crippen LogP contribution < -0.4 is 5.32 Å². The van der Waals surface area contributed by atoms with Crippen LogP contribution in [-0.2, 0) is 32.7 Å². The van der Waals surface area contributed by atoms with E-state index in [4.69, 9.17) is 4.74 Å². The number of hydrogen-bond acceptors (Lipinski definition) is 8. The van der Waals surface area contributed by atoms with E-state index in [0.717, 1.165) is 44.9 Å². The number of unbranched alkanes of at least 4 members (excludes halogenated alkanes) is 13. The van der Waals surface area contributed by atoms with Gasteiger partial charge in [-0.2, -0.15) is 0 Å². The highest BCUT2D eigenvalue weighted by atomic mass is 31.2. The number of carbonyl (C=O) groups is 3. The number of phosphoric acid groups is 1. The molecule has 0 saturated heterocycles. The van der Waals surface area contributed by atoms with E-state index in [2.05, 4.69) is 45.6 Å². The summed E-state index contributed by atoms with van der Waals surface area (Å²) in [5.74, 6) is -2.42. The fourth-order valence-electron chi connectivity index (χ4n) is 4.28. The molecule has 11 nitrogen and oxygen atoms in total. The van der Waals surface area contributed by atoms with Crippen molar-refractivity contribution in [1.82, 2.24) is 5.32 Å². The molecule has 0 aromatic rings. The summed E-state index contributed by atoms with van der Waals surface area (Å²) < 4.78 is 26.4. The largest absolute Gasteiger partial charge is 0.480 e. The lowest BCUT2D eigenvalue weighted by molar-refractivity contribution is -0.147. The Morgan fingerprint density at radius 1 is 0.711 bits per heavy atom. The van der Waals surface area contributed by atoms with Gasteiger partial charge in [-0.3, -0.25) is 18.6 Å². The topological polar surface area (TPSA) is 169 Å². The van der Waals surface area contributed by atoms with Gasteiger partial charge in [0, 0.05) is 12.8 Å². The first-order valence-corrected chi connectivity index (χ1v) is 18.4. The third kappa shape index (κ3) is 29.1. The predicted octanol–water partition coefficient (Wildman–Crippen LogP) is 7.16. The average molecular weight is 662 g/mol. The first-order valence-electron chi connectivity index (χ1n) is 16.9. The molecule has 0 bridgehead atoms. The van der Waals surface area contributed by atoms with Crippen LogP contribution in [0.3, 0.4) is 0 Å². The molecule has 0 aromatic carbocycles. The van der Waals surface area contributed by atoms with E-state index in [0.29, 0.717) is 12.8 Å². The van der Waals surface area contributed by atoms with Crippen LogP contribution in [0.4, 0.5) is 0 Å². The Kier molecular flexibility index (Phi) is 28.0. The summed E-state index contributed by atoms with van der Waals surface area (Å²) in [6, 6.07) is -1.54. The number of allylic oxidation sites excluding steroid dienone is 4. The van der Waals surface area contributed by atoms with Crippen LogP contribution in [0.2, 0.25) is 0 Å². The molecular weight excluding hydrogens is 601 g/mol. The molecule has 0 aliphatic rings. The summed E-state index contributed by atoms with van der Waals surface area (Å²) >= 11 is 0. The molecule has 3 unspecified atom stereocenters. The number of carboxylic acid groups (broad SMARTS) is 1. The minimum absolute atomic E-state index is 0.131. The zero-order valence-electron chi connectivity index (χ0n) is 27.7. The summed E-state index contributed by atoms with van der Waals surface area (Å²) in [6.45, 7) is 2.30. The van der Waals surface area contributed by atoms with Crippen molar-refractivity contribution in [3.8, 4) is 0 Å². The average Bonchev–Trinajstić information content (AvgIpc) is 3.00. The van der Waals surface area contributed by atoms with Crippen LogP contribution in [-0.4, -0.2) is 64.9 Å². The molecule has 0 aromatic heterocycles. The van der Waals surface area contributed by atoms with Crippen LogP contribution in [0.1, 0.15) is 136 Å². The first-order chi connectivity index (χ1) is 21.6. The third-order valence-corrected chi connectivity index (χ3v) is 7.94. The van der Waals surface area contributed by atoms with Crippen molar-refractivity contribution in [2.75, 3.05) is 19.8 Å². The fourth-order valence-corrected chi connectivity index (χ4v) is 5.06. The molecule has 0 radical (unpaired) electrons. The van der Waals surface area contributed by atoms with Gasteiger partial charge in [0.1, 0.15) is 12.7 Å². The first kappa shape index (κ1) is 43.0. The number of nitrogens with one attached hydrogen (secondary N) is 1. The number of aliphatic carboxylic acids is 1. The number of rotatable bonds is 31. The quantitative estimate of drug-likeness (QED) is 0.0259. The van der Waals surface area contributed by atoms with Gasteiger partial charge in [-0.25, -0.2) is 9.36 Å². The van der Waals surface area contributed by atoms with Gasteiger partial charge in [0.15, 0.2) is 6.04 Å². The zero-order chi connectivity index (χ0) is 33.6. The number of aliphatic hydroxyl groups excluding tert-OH is 1. The minimum atomic E-state index is -4.73. The molecule has 45 heavy (non-hydrogen) atoms. The number of amides is 1. The summed E-state index contributed by atoms with van der Waals surface area (Å²) in [4.78, 5) is 44.9. The van der Waals surface area contributed by atoms with Crippen molar-refractivity contribution >= 4 is 25.7 Å². The van der Waals surface area contributed by atoms with Gasteiger partial charge in [-0.05, 0) is 44.9 Å². The maximum absolute atomic E-state index is 12.1. The van der Waals surface area contributed by atoms with Crippen LogP contribution in [0.25, 0.3) is 0 Å². The van der Waals surface area contributed by atoms with Gasteiger partial charge in [0.05, 0.1) is 13.2 Å². The number of ether oxygens (including phenoxy) is 1.